The van der Waals surface area contributed by atoms with Crippen molar-refractivity contribution in [1.82, 2.24) is 9.21 Å². The van der Waals surface area contributed by atoms with E-state index in [2.05, 4.69) is 15.9 Å². The summed E-state index contributed by atoms with van der Waals surface area (Å²) in [6, 6.07) is 11.9. The first-order valence-electron chi connectivity index (χ1n) is 10.2. The van der Waals surface area contributed by atoms with E-state index in [1.54, 1.807) is 25.3 Å². The van der Waals surface area contributed by atoms with Gasteiger partial charge in [0.15, 0.2) is 0 Å². The first kappa shape index (κ1) is 25.1. The van der Waals surface area contributed by atoms with Crippen molar-refractivity contribution in [3.63, 3.8) is 0 Å². The SMILES string of the molecule is COCCCN1C(=O)C(=O)C(=C(O)c2ccc(S(=O)(=O)N(C)C)cc2)[C@H]1c1cccc(Br)c1. The molecule has 1 saturated heterocycles. The van der Waals surface area contributed by atoms with Crippen molar-refractivity contribution in [3.05, 3.63) is 69.7 Å². The van der Waals surface area contributed by atoms with Crippen LogP contribution in [0, 0.1) is 0 Å². The highest BCUT2D eigenvalue weighted by atomic mass is 79.9. The van der Waals surface area contributed by atoms with Crippen molar-refractivity contribution in [3.8, 4) is 0 Å². The minimum atomic E-state index is -3.65. The van der Waals surface area contributed by atoms with E-state index >= 15 is 0 Å². The van der Waals surface area contributed by atoms with Crippen LogP contribution in [0.25, 0.3) is 5.76 Å². The van der Waals surface area contributed by atoms with Gasteiger partial charge in [0.25, 0.3) is 11.7 Å². The summed E-state index contributed by atoms with van der Waals surface area (Å²) in [5.41, 5.74) is 0.857. The second kappa shape index (κ2) is 10.2. The van der Waals surface area contributed by atoms with Gasteiger partial charge in [0.1, 0.15) is 5.76 Å². The average Bonchev–Trinajstić information content (AvgIpc) is 3.03. The van der Waals surface area contributed by atoms with Gasteiger partial charge in [0, 0.05) is 44.4 Å². The number of ketones is 1. The Bertz CT molecular complexity index is 1190. The zero-order valence-corrected chi connectivity index (χ0v) is 20.9. The molecule has 3 rings (SSSR count). The van der Waals surface area contributed by atoms with E-state index < -0.39 is 27.8 Å². The smallest absolute Gasteiger partial charge is 0.295 e. The molecule has 0 radical (unpaired) electrons. The molecule has 1 aliphatic rings. The van der Waals surface area contributed by atoms with Crippen molar-refractivity contribution in [1.29, 1.82) is 0 Å². The van der Waals surface area contributed by atoms with Crippen LogP contribution in [0.4, 0.5) is 0 Å². The van der Waals surface area contributed by atoms with Crippen molar-refractivity contribution in [2.24, 2.45) is 0 Å². The van der Waals surface area contributed by atoms with Gasteiger partial charge >= 0.3 is 0 Å². The molecule has 10 heteroatoms. The monoisotopic (exact) mass is 536 g/mol. The number of sulfonamides is 1. The number of carbonyl (C=O) groups is 2. The zero-order chi connectivity index (χ0) is 24.3. The maximum Gasteiger partial charge on any atom is 0.295 e. The number of benzene rings is 2. The van der Waals surface area contributed by atoms with E-state index in [0.29, 0.717) is 18.6 Å². The summed E-state index contributed by atoms with van der Waals surface area (Å²) in [5.74, 6) is -1.86. The Balaban J connectivity index is 2.10. The molecule has 1 amide bonds. The molecule has 176 valence electrons. The second-order valence-electron chi connectivity index (χ2n) is 7.71. The van der Waals surface area contributed by atoms with Crippen molar-refractivity contribution < 1.29 is 27.9 Å². The molecular formula is C23H25BrN2O6S. The summed E-state index contributed by atoms with van der Waals surface area (Å²) < 4.78 is 31.6. The fourth-order valence-corrected chi connectivity index (χ4v) is 4.98. The van der Waals surface area contributed by atoms with Crippen molar-refractivity contribution in [2.45, 2.75) is 17.4 Å². The number of methoxy groups -OCH3 is 1. The largest absolute Gasteiger partial charge is 0.507 e. The van der Waals surface area contributed by atoms with Crippen LogP contribution in [0.3, 0.4) is 0 Å². The Hall–Kier alpha value is -2.53. The molecule has 0 spiro atoms. The molecule has 0 aliphatic carbocycles. The van der Waals surface area contributed by atoms with E-state index in [-0.39, 0.29) is 28.3 Å². The van der Waals surface area contributed by atoms with Gasteiger partial charge in [-0.25, -0.2) is 12.7 Å². The number of likely N-dealkylation sites (tertiary alicyclic amines) is 1. The summed E-state index contributed by atoms with van der Waals surface area (Å²) in [5, 5.41) is 11.1. The highest BCUT2D eigenvalue weighted by Gasteiger charge is 2.45. The minimum Gasteiger partial charge on any atom is -0.507 e. The lowest BCUT2D eigenvalue weighted by atomic mass is 9.95. The molecule has 33 heavy (non-hydrogen) atoms. The number of nitrogens with zero attached hydrogens (tertiary/aromatic N) is 2. The van der Waals surface area contributed by atoms with Crippen molar-refractivity contribution in [2.75, 3.05) is 34.4 Å². The molecule has 2 aromatic carbocycles. The Morgan fingerprint density at radius 1 is 1.15 bits per heavy atom. The maximum atomic E-state index is 13.0. The number of Topliss-reactive ketones (excluding diaryl/α,β-unsaturated/α-hetero) is 1. The molecule has 1 aliphatic heterocycles. The zero-order valence-electron chi connectivity index (χ0n) is 18.5. The number of halogens is 1. The molecular weight excluding hydrogens is 512 g/mol. The first-order valence-corrected chi connectivity index (χ1v) is 12.4. The molecule has 8 nitrogen and oxygen atoms in total. The highest BCUT2D eigenvalue weighted by molar-refractivity contribution is 9.10. The number of aliphatic hydroxyl groups is 1. The summed E-state index contributed by atoms with van der Waals surface area (Å²) in [7, 11) is 0.753. The van der Waals surface area contributed by atoms with E-state index in [4.69, 9.17) is 4.74 Å². The van der Waals surface area contributed by atoms with Crippen molar-refractivity contribution >= 4 is 43.4 Å². The summed E-state index contributed by atoms with van der Waals surface area (Å²) in [6.45, 7) is 0.683. The molecule has 0 aromatic heterocycles. The number of rotatable bonds is 8. The van der Waals surface area contributed by atoms with Crippen LogP contribution in [0.2, 0.25) is 0 Å². The van der Waals surface area contributed by atoms with Gasteiger partial charge in [-0.1, -0.05) is 28.1 Å². The maximum absolute atomic E-state index is 13.0. The van der Waals surface area contributed by atoms with Crippen LogP contribution < -0.4 is 0 Å². The molecule has 1 atom stereocenters. The standard InChI is InChI=1S/C23H25BrN2O6S/c1-25(2)33(30,31)18-10-8-15(9-11-18)21(27)19-20(16-6-4-7-17(24)14-16)26(12-5-13-32-3)23(29)22(19)28/h4,6-11,14,20,27H,5,12-13H2,1-3H3/t20-/m1/s1. The molecule has 0 unspecified atom stereocenters. The van der Waals surface area contributed by atoms with E-state index in [1.807, 2.05) is 6.07 Å². The van der Waals surface area contributed by atoms with Crippen LogP contribution in [0.15, 0.2) is 63.5 Å². The fourth-order valence-electron chi connectivity index (χ4n) is 3.66. The third-order valence-corrected chi connectivity index (χ3v) is 7.68. The van der Waals surface area contributed by atoms with Crippen LogP contribution >= 0.6 is 15.9 Å². The molecule has 0 bridgehead atoms. The Morgan fingerprint density at radius 3 is 2.39 bits per heavy atom. The number of aliphatic hydroxyl groups excluding tert-OH is 1. The van der Waals surface area contributed by atoms with Crippen LogP contribution in [-0.2, 0) is 24.3 Å². The summed E-state index contributed by atoms with van der Waals surface area (Å²) in [6.07, 6.45) is 0.519. The number of hydrogen-bond acceptors (Lipinski definition) is 6. The summed E-state index contributed by atoms with van der Waals surface area (Å²) >= 11 is 3.42. The highest BCUT2D eigenvalue weighted by Crippen LogP contribution is 2.40. The molecule has 2 aromatic rings. The number of amides is 1. The molecule has 1 N–H and O–H groups in total. The van der Waals surface area contributed by atoms with E-state index in [0.717, 1.165) is 8.78 Å². The first-order chi connectivity index (χ1) is 15.6. The predicted molar refractivity (Wildman–Crippen MR) is 127 cm³/mol. The lowest BCUT2D eigenvalue weighted by Crippen LogP contribution is -2.31. The number of ether oxygens (including phenoxy) is 1. The van der Waals surface area contributed by atoms with Gasteiger partial charge in [-0.2, -0.15) is 0 Å². The van der Waals surface area contributed by atoms with E-state index in [1.165, 1.54) is 43.3 Å². The topological polar surface area (TPSA) is 104 Å². The second-order valence-corrected chi connectivity index (χ2v) is 10.8. The van der Waals surface area contributed by atoms with Gasteiger partial charge in [-0.3, -0.25) is 9.59 Å². The van der Waals surface area contributed by atoms with Crippen LogP contribution in [-0.4, -0.2) is 68.8 Å². The van der Waals surface area contributed by atoms with Crippen LogP contribution in [0.1, 0.15) is 23.6 Å². The lowest BCUT2D eigenvalue weighted by molar-refractivity contribution is -0.140. The Labute approximate surface area is 201 Å². The third-order valence-electron chi connectivity index (χ3n) is 5.36. The third kappa shape index (κ3) is 5.03. The molecule has 0 saturated carbocycles. The van der Waals surface area contributed by atoms with Gasteiger partial charge in [-0.05, 0) is 48.4 Å². The normalized spacial score (nSPS) is 18.3. The average molecular weight is 537 g/mol. The predicted octanol–water partition coefficient (Wildman–Crippen LogP) is 3.16. The summed E-state index contributed by atoms with van der Waals surface area (Å²) in [4.78, 5) is 27.3. The van der Waals surface area contributed by atoms with Gasteiger partial charge in [-0.15, -0.1) is 0 Å². The quantitative estimate of drug-likeness (QED) is 0.240. The van der Waals surface area contributed by atoms with Gasteiger partial charge in [0.05, 0.1) is 16.5 Å². The molecule has 1 fully saturated rings. The molecule has 1 heterocycles. The lowest BCUT2D eigenvalue weighted by Gasteiger charge is -2.25. The van der Waals surface area contributed by atoms with Gasteiger partial charge < -0.3 is 14.7 Å². The van der Waals surface area contributed by atoms with E-state index in [9.17, 15) is 23.1 Å². The van der Waals surface area contributed by atoms with Gasteiger partial charge in [0.2, 0.25) is 10.0 Å². The Morgan fingerprint density at radius 2 is 1.82 bits per heavy atom. The number of hydrogen-bond donors (Lipinski definition) is 1. The Kier molecular flexibility index (Phi) is 7.73. The minimum absolute atomic E-state index is 0.0428. The number of carbonyl (C=O) groups excluding carboxylic acids is 2. The van der Waals surface area contributed by atoms with Crippen LogP contribution in [0.5, 0.6) is 0 Å². The fraction of sp³-hybridized carbons (Fsp3) is 0.304.